The number of hydrogen-bond donors (Lipinski definition) is 0. The average molecular weight is 254 g/mol. The zero-order chi connectivity index (χ0) is 11.7. The maximum atomic E-state index is 5.84. The molecule has 2 nitrogen and oxygen atoms in total. The molecule has 0 N–H and O–H groups in total. The Hall–Kier alpha value is -1.06. The summed E-state index contributed by atoms with van der Waals surface area (Å²) in [5, 5.41) is 1.97. The number of halogens is 1. The minimum atomic E-state index is 0.572. The van der Waals surface area contributed by atoms with Gasteiger partial charge in [0, 0.05) is 10.9 Å². The highest BCUT2D eigenvalue weighted by atomic mass is 35.5. The van der Waals surface area contributed by atoms with Crippen LogP contribution < -0.4 is 4.74 Å². The first-order valence-electron chi connectivity index (χ1n) is 4.88. The number of aryl methyl sites for hydroxylation is 2. The van der Waals surface area contributed by atoms with Gasteiger partial charge in [-0.25, -0.2) is 4.98 Å². The van der Waals surface area contributed by atoms with Crippen LogP contribution >= 0.6 is 22.9 Å². The Morgan fingerprint density at radius 1 is 1.25 bits per heavy atom. The maximum absolute atomic E-state index is 5.84. The molecule has 0 bridgehead atoms. The van der Waals surface area contributed by atoms with Crippen molar-refractivity contribution in [2.75, 3.05) is 7.11 Å². The third kappa shape index (κ3) is 2.06. The highest BCUT2D eigenvalue weighted by molar-refractivity contribution is 7.14. The lowest BCUT2D eigenvalue weighted by molar-refractivity contribution is 0.411. The van der Waals surface area contributed by atoms with Crippen LogP contribution in [0, 0.1) is 13.8 Å². The summed E-state index contributed by atoms with van der Waals surface area (Å²) in [5.74, 6) is 0.905. The van der Waals surface area contributed by atoms with Crippen molar-refractivity contribution in [1.82, 2.24) is 4.98 Å². The number of thiazole rings is 1. The monoisotopic (exact) mass is 253 g/mol. The van der Waals surface area contributed by atoms with E-state index < -0.39 is 0 Å². The molecule has 0 amide bonds. The number of ether oxygens (including phenoxy) is 1. The summed E-state index contributed by atoms with van der Waals surface area (Å²) in [6.07, 6.45) is 0. The Morgan fingerprint density at radius 3 is 2.56 bits per heavy atom. The van der Waals surface area contributed by atoms with E-state index in [1.54, 1.807) is 7.11 Å². The van der Waals surface area contributed by atoms with Gasteiger partial charge >= 0.3 is 0 Å². The van der Waals surface area contributed by atoms with E-state index >= 15 is 0 Å². The largest absolute Gasteiger partial charge is 0.496 e. The van der Waals surface area contributed by atoms with Gasteiger partial charge in [-0.05, 0) is 37.1 Å². The minimum Gasteiger partial charge on any atom is -0.496 e. The topological polar surface area (TPSA) is 22.1 Å². The van der Waals surface area contributed by atoms with Crippen molar-refractivity contribution >= 4 is 22.9 Å². The molecule has 1 aromatic carbocycles. The molecular formula is C12H12ClNOS. The second-order valence-corrected chi connectivity index (χ2v) is 5.06. The van der Waals surface area contributed by atoms with Crippen molar-refractivity contribution in [2.24, 2.45) is 0 Å². The minimum absolute atomic E-state index is 0.572. The van der Waals surface area contributed by atoms with Crippen molar-refractivity contribution in [3.63, 3.8) is 0 Å². The lowest BCUT2D eigenvalue weighted by Gasteiger charge is -2.09. The van der Waals surface area contributed by atoms with Gasteiger partial charge in [0.25, 0.3) is 0 Å². The van der Waals surface area contributed by atoms with Crippen molar-refractivity contribution in [3.8, 4) is 17.0 Å². The highest BCUT2D eigenvalue weighted by Crippen LogP contribution is 2.31. The Labute approximate surface area is 104 Å². The quantitative estimate of drug-likeness (QED) is 0.804. The number of rotatable bonds is 2. The van der Waals surface area contributed by atoms with Gasteiger partial charge < -0.3 is 4.74 Å². The first kappa shape index (κ1) is 11.4. The second kappa shape index (κ2) is 4.44. The Kier molecular flexibility index (Phi) is 3.17. The van der Waals surface area contributed by atoms with Gasteiger partial charge in [0.2, 0.25) is 0 Å². The summed E-state index contributed by atoms with van der Waals surface area (Å²) in [7, 11) is 1.68. The summed E-state index contributed by atoms with van der Waals surface area (Å²) >= 11 is 7.29. The van der Waals surface area contributed by atoms with Gasteiger partial charge in [-0.15, -0.1) is 11.3 Å². The van der Waals surface area contributed by atoms with Crippen molar-refractivity contribution < 1.29 is 4.74 Å². The molecule has 16 heavy (non-hydrogen) atoms. The molecule has 0 aliphatic carbocycles. The molecule has 0 atom stereocenters. The van der Waals surface area contributed by atoms with E-state index in [-0.39, 0.29) is 0 Å². The standard InChI is InChI=1S/C12H12ClNOS/c1-7-5-11(15-3)8(2)4-9(7)10-6-16-12(13)14-10/h4-6H,1-3H3. The van der Waals surface area contributed by atoms with E-state index in [1.807, 2.05) is 25.3 Å². The number of nitrogens with zero attached hydrogens (tertiary/aromatic N) is 1. The fraction of sp³-hybridized carbons (Fsp3) is 0.250. The molecule has 0 aliphatic heterocycles. The molecule has 0 spiro atoms. The van der Waals surface area contributed by atoms with Crippen molar-refractivity contribution in [3.05, 3.63) is 33.1 Å². The van der Waals surface area contributed by atoms with E-state index in [1.165, 1.54) is 11.3 Å². The van der Waals surface area contributed by atoms with E-state index in [0.29, 0.717) is 4.47 Å². The second-order valence-electron chi connectivity index (χ2n) is 3.62. The van der Waals surface area contributed by atoms with Crippen LogP contribution in [-0.4, -0.2) is 12.1 Å². The van der Waals surface area contributed by atoms with E-state index in [4.69, 9.17) is 16.3 Å². The van der Waals surface area contributed by atoms with Crippen LogP contribution in [-0.2, 0) is 0 Å². The molecule has 0 aliphatic rings. The fourth-order valence-corrected chi connectivity index (χ4v) is 2.43. The van der Waals surface area contributed by atoms with Crippen molar-refractivity contribution in [1.29, 1.82) is 0 Å². The normalized spacial score (nSPS) is 10.5. The molecule has 0 saturated heterocycles. The molecule has 84 valence electrons. The van der Waals surface area contributed by atoms with Crippen molar-refractivity contribution in [2.45, 2.75) is 13.8 Å². The fourth-order valence-electron chi connectivity index (χ4n) is 1.66. The summed E-state index contributed by atoms with van der Waals surface area (Å²) < 4.78 is 5.85. The zero-order valence-electron chi connectivity index (χ0n) is 9.37. The molecule has 1 aromatic heterocycles. The van der Waals surface area contributed by atoms with Gasteiger partial charge in [-0.2, -0.15) is 0 Å². The van der Waals surface area contributed by atoms with Crippen LogP contribution in [0.2, 0.25) is 4.47 Å². The van der Waals surface area contributed by atoms with Gasteiger partial charge in [-0.3, -0.25) is 0 Å². The lowest BCUT2D eigenvalue weighted by Crippen LogP contribution is -1.91. The van der Waals surface area contributed by atoms with Crippen LogP contribution in [0.5, 0.6) is 5.75 Å². The molecular weight excluding hydrogens is 242 g/mol. The predicted molar refractivity (Wildman–Crippen MR) is 68.6 cm³/mol. The van der Waals surface area contributed by atoms with Gasteiger partial charge in [0.1, 0.15) is 5.75 Å². The number of aromatic nitrogens is 1. The third-order valence-electron chi connectivity index (χ3n) is 2.49. The van der Waals surface area contributed by atoms with Crippen LogP contribution in [0.25, 0.3) is 11.3 Å². The van der Waals surface area contributed by atoms with E-state index in [2.05, 4.69) is 11.1 Å². The molecule has 1 heterocycles. The smallest absolute Gasteiger partial charge is 0.184 e. The SMILES string of the molecule is COc1cc(C)c(-c2csc(Cl)n2)cc1C. The van der Waals surface area contributed by atoms with E-state index in [0.717, 1.165) is 28.1 Å². The maximum Gasteiger partial charge on any atom is 0.184 e. The van der Waals surface area contributed by atoms with Gasteiger partial charge in [0.15, 0.2) is 4.47 Å². The zero-order valence-corrected chi connectivity index (χ0v) is 10.9. The average Bonchev–Trinajstić information content (AvgIpc) is 2.67. The lowest BCUT2D eigenvalue weighted by atomic mass is 10.0. The van der Waals surface area contributed by atoms with Gasteiger partial charge in [-0.1, -0.05) is 11.6 Å². The first-order valence-corrected chi connectivity index (χ1v) is 6.14. The van der Waals surface area contributed by atoms with Crippen LogP contribution in [0.15, 0.2) is 17.5 Å². The molecule has 2 rings (SSSR count). The summed E-state index contributed by atoms with van der Waals surface area (Å²) in [5.41, 5.74) is 4.29. The highest BCUT2D eigenvalue weighted by Gasteiger charge is 2.09. The Balaban J connectivity index is 2.54. The summed E-state index contributed by atoms with van der Waals surface area (Å²) in [6, 6.07) is 4.11. The van der Waals surface area contributed by atoms with Crippen LogP contribution in [0.4, 0.5) is 0 Å². The number of methoxy groups -OCH3 is 1. The van der Waals surface area contributed by atoms with Crippen LogP contribution in [0.1, 0.15) is 11.1 Å². The first-order chi connectivity index (χ1) is 7.61. The van der Waals surface area contributed by atoms with E-state index in [9.17, 15) is 0 Å². The summed E-state index contributed by atoms with van der Waals surface area (Å²) in [6.45, 7) is 4.07. The molecule has 2 aromatic rings. The predicted octanol–water partition coefficient (Wildman–Crippen LogP) is 4.09. The Bertz CT molecular complexity index is 522. The van der Waals surface area contributed by atoms with Crippen LogP contribution in [0.3, 0.4) is 0 Å². The molecule has 0 saturated carbocycles. The Morgan fingerprint density at radius 2 is 2.00 bits per heavy atom. The third-order valence-corrected chi connectivity index (χ3v) is 3.47. The molecule has 4 heteroatoms. The summed E-state index contributed by atoms with van der Waals surface area (Å²) in [4.78, 5) is 4.28. The number of hydrogen-bond acceptors (Lipinski definition) is 3. The molecule has 0 radical (unpaired) electrons. The van der Waals surface area contributed by atoms with Gasteiger partial charge in [0.05, 0.1) is 12.8 Å². The molecule has 0 unspecified atom stereocenters. The molecule has 0 fully saturated rings. The number of benzene rings is 1.